The molecule has 0 aliphatic carbocycles. The van der Waals surface area contributed by atoms with Gasteiger partial charge in [-0.15, -0.1) is 0 Å². The van der Waals surface area contributed by atoms with Crippen LogP contribution in [0.15, 0.2) is 57.9 Å². The van der Waals surface area contributed by atoms with Crippen LogP contribution in [0.5, 0.6) is 0 Å². The molecule has 1 atom stereocenters. The van der Waals surface area contributed by atoms with Gasteiger partial charge in [0.25, 0.3) is 0 Å². The summed E-state index contributed by atoms with van der Waals surface area (Å²) in [4.78, 5) is 0.167. The maximum Gasteiger partial charge on any atom is 0.241 e. The van der Waals surface area contributed by atoms with Crippen LogP contribution in [-0.2, 0) is 21.4 Å². The maximum absolute atomic E-state index is 12.5. The van der Waals surface area contributed by atoms with E-state index in [-0.39, 0.29) is 11.4 Å². The van der Waals surface area contributed by atoms with Gasteiger partial charge in [-0.25, -0.2) is 13.1 Å². The van der Waals surface area contributed by atoms with Crippen molar-refractivity contribution in [2.24, 2.45) is 0 Å². The van der Waals surface area contributed by atoms with Gasteiger partial charge in [0.2, 0.25) is 10.0 Å². The summed E-state index contributed by atoms with van der Waals surface area (Å²) in [7, 11) is -3.70. The molecule has 2 N–H and O–H groups in total. The predicted molar refractivity (Wildman–Crippen MR) is 95.8 cm³/mol. The number of aliphatic hydroxyl groups is 1. The lowest BCUT2D eigenvalue weighted by molar-refractivity contribution is 0.0659. The summed E-state index contributed by atoms with van der Waals surface area (Å²) in [5.74, 6) is 1.29. The number of halogens is 1. The molecule has 1 aliphatic rings. The summed E-state index contributed by atoms with van der Waals surface area (Å²) in [6.07, 6.45) is 0. The molecule has 4 nitrogen and oxygen atoms in total. The van der Waals surface area contributed by atoms with Gasteiger partial charge in [-0.05, 0) is 39.2 Å². The molecule has 0 amide bonds. The standard InChI is InChI=1S/C16H16BrNO3S2/c17-14-7-3-4-8-15(14)23(20,21)18-10-16(19)11-22-9-12-5-1-2-6-13(12)16/h1-8,18-19H,9-11H2. The van der Waals surface area contributed by atoms with Crippen molar-refractivity contribution in [3.63, 3.8) is 0 Å². The lowest BCUT2D eigenvalue weighted by Gasteiger charge is -2.34. The third kappa shape index (κ3) is 3.49. The third-order valence-corrected chi connectivity index (χ3v) is 7.41. The van der Waals surface area contributed by atoms with Gasteiger partial charge in [-0.1, -0.05) is 36.4 Å². The fraction of sp³-hybridized carbons (Fsp3) is 0.250. The van der Waals surface area contributed by atoms with Gasteiger partial charge in [-0.3, -0.25) is 0 Å². The van der Waals surface area contributed by atoms with Crippen molar-refractivity contribution in [1.82, 2.24) is 4.72 Å². The zero-order valence-electron chi connectivity index (χ0n) is 12.2. The zero-order chi connectivity index (χ0) is 16.5. The molecule has 23 heavy (non-hydrogen) atoms. The highest BCUT2D eigenvalue weighted by molar-refractivity contribution is 9.10. The van der Waals surface area contributed by atoms with Crippen molar-refractivity contribution in [2.45, 2.75) is 16.2 Å². The van der Waals surface area contributed by atoms with E-state index < -0.39 is 15.6 Å². The molecule has 1 unspecified atom stereocenters. The second kappa shape index (κ2) is 6.57. The van der Waals surface area contributed by atoms with Gasteiger partial charge in [0.1, 0.15) is 5.60 Å². The van der Waals surface area contributed by atoms with E-state index in [1.54, 1.807) is 30.0 Å². The van der Waals surface area contributed by atoms with E-state index in [0.717, 1.165) is 16.9 Å². The Hall–Kier alpha value is -0.860. The highest BCUT2D eigenvalue weighted by Gasteiger charge is 2.36. The molecule has 0 spiro atoms. The smallest absolute Gasteiger partial charge is 0.241 e. The minimum atomic E-state index is -3.70. The van der Waals surface area contributed by atoms with E-state index in [1.165, 1.54) is 6.07 Å². The highest BCUT2D eigenvalue weighted by Crippen LogP contribution is 2.36. The minimum absolute atomic E-state index is 0.0549. The van der Waals surface area contributed by atoms with Gasteiger partial charge in [0, 0.05) is 22.5 Å². The SMILES string of the molecule is O=S(=O)(NCC1(O)CSCc2ccccc21)c1ccccc1Br. The average Bonchev–Trinajstić information content (AvgIpc) is 2.54. The first-order chi connectivity index (χ1) is 10.9. The molecule has 0 fully saturated rings. The second-order valence-corrected chi connectivity index (χ2v) is 9.01. The monoisotopic (exact) mass is 413 g/mol. The molecule has 0 bridgehead atoms. The van der Waals surface area contributed by atoms with Crippen LogP contribution in [0.3, 0.4) is 0 Å². The molecular formula is C16H16BrNO3S2. The Morgan fingerprint density at radius 2 is 1.87 bits per heavy atom. The van der Waals surface area contributed by atoms with E-state index in [4.69, 9.17) is 0 Å². The van der Waals surface area contributed by atoms with Gasteiger partial charge >= 0.3 is 0 Å². The van der Waals surface area contributed by atoms with Crippen molar-refractivity contribution in [1.29, 1.82) is 0 Å². The van der Waals surface area contributed by atoms with Gasteiger partial charge in [0.15, 0.2) is 0 Å². The van der Waals surface area contributed by atoms with Gasteiger partial charge in [0.05, 0.1) is 4.90 Å². The Bertz CT molecular complexity index is 826. The van der Waals surface area contributed by atoms with Crippen LogP contribution in [0.4, 0.5) is 0 Å². The number of thioether (sulfide) groups is 1. The predicted octanol–water partition coefficient (Wildman–Crippen LogP) is 2.86. The zero-order valence-corrected chi connectivity index (χ0v) is 15.4. The highest BCUT2D eigenvalue weighted by atomic mass is 79.9. The third-order valence-electron chi connectivity index (χ3n) is 3.80. The summed E-state index contributed by atoms with van der Waals surface area (Å²) < 4.78 is 28.0. The molecule has 1 heterocycles. The van der Waals surface area contributed by atoms with Crippen molar-refractivity contribution < 1.29 is 13.5 Å². The Labute approximate surface area is 148 Å². The number of hydrogen-bond acceptors (Lipinski definition) is 4. The maximum atomic E-state index is 12.5. The van der Waals surface area contributed by atoms with E-state index in [2.05, 4.69) is 20.7 Å². The first kappa shape index (κ1) is 17.0. The number of sulfonamides is 1. The molecule has 3 rings (SSSR count). The van der Waals surface area contributed by atoms with Crippen molar-refractivity contribution >= 4 is 37.7 Å². The summed E-state index contributed by atoms with van der Waals surface area (Å²) >= 11 is 4.85. The van der Waals surface area contributed by atoms with Crippen LogP contribution in [0, 0.1) is 0 Å². The molecule has 0 radical (unpaired) electrons. The fourth-order valence-corrected chi connectivity index (χ4v) is 5.87. The van der Waals surface area contributed by atoms with Gasteiger partial charge in [-0.2, -0.15) is 11.8 Å². The summed E-state index contributed by atoms with van der Waals surface area (Å²) in [6, 6.07) is 14.2. The largest absolute Gasteiger partial charge is 0.383 e. The fourth-order valence-electron chi connectivity index (χ4n) is 2.61. The number of benzene rings is 2. The van der Waals surface area contributed by atoms with E-state index >= 15 is 0 Å². The Kier molecular flexibility index (Phi) is 4.85. The van der Waals surface area contributed by atoms with Crippen LogP contribution in [-0.4, -0.2) is 25.8 Å². The van der Waals surface area contributed by atoms with E-state index in [1.807, 2.05) is 24.3 Å². The molecule has 0 saturated heterocycles. The van der Waals surface area contributed by atoms with Crippen LogP contribution >= 0.6 is 27.7 Å². The summed E-state index contributed by atoms with van der Waals surface area (Å²) in [6.45, 7) is -0.0549. The van der Waals surface area contributed by atoms with Crippen LogP contribution in [0.2, 0.25) is 0 Å². The van der Waals surface area contributed by atoms with Gasteiger partial charge < -0.3 is 5.11 Å². The van der Waals surface area contributed by atoms with E-state index in [0.29, 0.717) is 10.2 Å². The minimum Gasteiger partial charge on any atom is -0.383 e. The number of rotatable bonds is 4. The quantitative estimate of drug-likeness (QED) is 0.808. The number of hydrogen-bond donors (Lipinski definition) is 2. The average molecular weight is 414 g/mol. The van der Waals surface area contributed by atoms with Crippen LogP contribution in [0.25, 0.3) is 0 Å². The first-order valence-corrected chi connectivity index (χ1v) is 10.5. The molecule has 1 aliphatic heterocycles. The molecule has 0 saturated carbocycles. The molecule has 2 aromatic carbocycles. The lowest BCUT2D eigenvalue weighted by atomic mass is 9.91. The number of nitrogens with one attached hydrogen (secondary N) is 1. The summed E-state index contributed by atoms with van der Waals surface area (Å²) in [5, 5.41) is 10.9. The van der Waals surface area contributed by atoms with E-state index in [9.17, 15) is 13.5 Å². The second-order valence-electron chi connectivity index (χ2n) is 5.44. The Morgan fingerprint density at radius 3 is 2.65 bits per heavy atom. The topological polar surface area (TPSA) is 66.4 Å². The molecule has 7 heteroatoms. The first-order valence-electron chi connectivity index (χ1n) is 7.05. The molecule has 2 aromatic rings. The normalized spacial score (nSPS) is 21.0. The lowest BCUT2D eigenvalue weighted by Crippen LogP contribution is -2.44. The Balaban J connectivity index is 1.85. The van der Waals surface area contributed by atoms with Crippen molar-refractivity contribution in [2.75, 3.05) is 12.3 Å². The molecular weight excluding hydrogens is 398 g/mol. The van der Waals surface area contributed by atoms with Crippen molar-refractivity contribution in [3.05, 3.63) is 64.1 Å². The van der Waals surface area contributed by atoms with Crippen LogP contribution < -0.4 is 4.72 Å². The molecule has 122 valence electrons. The Morgan fingerprint density at radius 1 is 1.17 bits per heavy atom. The van der Waals surface area contributed by atoms with Crippen LogP contribution in [0.1, 0.15) is 11.1 Å². The molecule has 0 aromatic heterocycles. The summed E-state index contributed by atoms with van der Waals surface area (Å²) in [5.41, 5.74) is 0.647. The van der Waals surface area contributed by atoms with Crippen molar-refractivity contribution in [3.8, 4) is 0 Å². The number of fused-ring (bicyclic) bond motifs is 1.